The molecule has 6 aromatic rings. The van der Waals surface area contributed by atoms with Gasteiger partial charge in [-0.1, -0.05) is 110 Å². The third kappa shape index (κ3) is 6.92. The molecule has 0 N–H and O–H groups in total. The van der Waals surface area contributed by atoms with E-state index in [9.17, 15) is 13.0 Å². The first kappa shape index (κ1) is 36.6. The molecule has 0 spiro atoms. The molecule has 0 radical (unpaired) electrons. The first-order chi connectivity index (χ1) is 25.5. The largest absolute Gasteiger partial charge is 0.744 e. The first-order valence-corrected chi connectivity index (χ1v) is 20.3. The van der Waals surface area contributed by atoms with Crippen LogP contribution in [-0.2, 0) is 10.1 Å². The molecule has 2 atom stereocenters. The third-order valence-corrected chi connectivity index (χ3v) is 12.2. The summed E-state index contributed by atoms with van der Waals surface area (Å²) in [6.45, 7) is 11.0. The number of aryl methyl sites for hydroxylation is 1. The number of allylic oxidation sites excluding steroid dienone is 6. The van der Waals surface area contributed by atoms with Crippen LogP contribution in [0.3, 0.4) is 0 Å². The minimum absolute atomic E-state index is 0.178. The van der Waals surface area contributed by atoms with E-state index in [1.165, 1.54) is 78.0 Å². The Morgan fingerprint density at radius 2 is 1.47 bits per heavy atom. The summed E-state index contributed by atoms with van der Waals surface area (Å²) in [5.74, 6) is 0. The monoisotopic (exact) mass is 740 g/mol. The van der Waals surface area contributed by atoms with Gasteiger partial charge in [-0.2, -0.15) is 4.58 Å². The lowest BCUT2D eigenvalue weighted by molar-refractivity contribution is -0.476. The van der Waals surface area contributed by atoms with Gasteiger partial charge in [-0.05, 0) is 92.3 Å². The molecule has 0 bridgehead atoms. The molecule has 5 nitrogen and oxygen atoms in total. The van der Waals surface area contributed by atoms with Gasteiger partial charge < -0.3 is 9.12 Å². The molecule has 1 aliphatic heterocycles. The van der Waals surface area contributed by atoms with Crippen LogP contribution >= 0.6 is 11.6 Å². The molecule has 2 aliphatic rings. The number of hydrogen-bond donors (Lipinski definition) is 0. The Morgan fingerprint density at radius 3 is 2.15 bits per heavy atom. The molecule has 8 rings (SSSR count). The molecule has 5 aromatic carbocycles. The number of aromatic nitrogens is 1. The zero-order chi connectivity index (χ0) is 37.4. The van der Waals surface area contributed by atoms with E-state index in [-0.39, 0.29) is 4.90 Å². The second-order valence-corrected chi connectivity index (χ2v) is 15.9. The van der Waals surface area contributed by atoms with Crippen LogP contribution in [0.25, 0.3) is 38.5 Å². The van der Waals surface area contributed by atoms with Gasteiger partial charge in [-0.25, -0.2) is 8.42 Å². The molecule has 0 fully saturated rings. The zero-order valence-corrected chi connectivity index (χ0v) is 32.5. The lowest BCUT2D eigenvalue weighted by atomic mass is 10.0. The van der Waals surface area contributed by atoms with Gasteiger partial charge in [0.05, 0.1) is 15.8 Å². The number of halogens is 1. The molecule has 270 valence electrons. The average molecular weight is 741 g/mol. The van der Waals surface area contributed by atoms with Crippen molar-refractivity contribution in [1.29, 1.82) is 0 Å². The summed E-state index contributed by atoms with van der Waals surface area (Å²) < 4.78 is 36.2. The highest BCUT2D eigenvalue weighted by Gasteiger charge is 2.33. The molecule has 0 saturated heterocycles. The lowest BCUT2D eigenvalue weighted by Gasteiger charge is -2.14. The fourth-order valence-electron chi connectivity index (χ4n) is 7.72. The van der Waals surface area contributed by atoms with Crippen molar-refractivity contribution in [2.75, 3.05) is 0 Å². The summed E-state index contributed by atoms with van der Waals surface area (Å²) in [6.07, 6.45) is 13.2. The predicted molar refractivity (Wildman–Crippen MR) is 220 cm³/mol. The SMILES string of the molecule is CCC(C)n1/c(=C/C=C2\CCC(/C=C/C3=[N+](C(C)CC)c4cccc5cccc3c45)=C2Cl)c2cccc3cccc1c32.Cc1ccc(S(=O)(=O)[O-])cc1. The summed E-state index contributed by atoms with van der Waals surface area (Å²) >= 11 is 7.10. The van der Waals surface area contributed by atoms with Crippen LogP contribution < -0.4 is 5.35 Å². The third-order valence-electron chi connectivity index (χ3n) is 10.8. The first-order valence-electron chi connectivity index (χ1n) is 18.5. The fourth-order valence-corrected chi connectivity index (χ4v) is 8.50. The lowest BCUT2D eigenvalue weighted by Crippen LogP contribution is -2.22. The summed E-state index contributed by atoms with van der Waals surface area (Å²) in [5.41, 5.74) is 8.58. The molecule has 53 heavy (non-hydrogen) atoms. The number of hydrogen-bond acceptors (Lipinski definition) is 3. The maximum atomic E-state index is 10.4. The summed E-state index contributed by atoms with van der Waals surface area (Å²) in [7, 11) is -4.27. The molecule has 2 heterocycles. The average Bonchev–Trinajstić information content (AvgIpc) is 3.80. The van der Waals surface area contributed by atoms with Crippen molar-refractivity contribution in [1.82, 2.24) is 4.57 Å². The van der Waals surface area contributed by atoms with Crippen LogP contribution in [0.5, 0.6) is 0 Å². The molecular formula is C46H45ClN2O3S. The van der Waals surface area contributed by atoms with Gasteiger partial charge in [0, 0.05) is 51.3 Å². The Hall–Kier alpha value is -4.75. The fraction of sp³-hybridized carbons (Fsp3) is 0.239. The van der Waals surface area contributed by atoms with Gasteiger partial charge in [-0.15, -0.1) is 0 Å². The summed E-state index contributed by atoms with van der Waals surface area (Å²) in [6, 6.07) is 33.2. The predicted octanol–water partition coefficient (Wildman–Crippen LogP) is 11.0. The maximum absolute atomic E-state index is 10.4. The van der Waals surface area contributed by atoms with Crippen molar-refractivity contribution in [3.05, 3.63) is 148 Å². The van der Waals surface area contributed by atoms with Crippen molar-refractivity contribution >= 4 is 71.6 Å². The molecule has 7 heteroatoms. The van der Waals surface area contributed by atoms with Gasteiger partial charge in [0.2, 0.25) is 11.4 Å². The zero-order valence-electron chi connectivity index (χ0n) is 30.9. The smallest absolute Gasteiger partial charge is 0.214 e. The second-order valence-electron chi connectivity index (χ2n) is 14.2. The highest BCUT2D eigenvalue weighted by atomic mass is 35.5. The summed E-state index contributed by atoms with van der Waals surface area (Å²) in [5, 5.41) is 8.80. The highest BCUT2D eigenvalue weighted by Crippen LogP contribution is 2.39. The van der Waals surface area contributed by atoms with E-state index in [0.29, 0.717) is 12.1 Å². The minimum atomic E-state index is -4.27. The molecule has 1 aliphatic carbocycles. The molecule has 0 amide bonds. The Morgan fingerprint density at radius 1 is 0.811 bits per heavy atom. The number of rotatable bonds is 8. The van der Waals surface area contributed by atoms with E-state index in [1.807, 2.05) is 6.92 Å². The van der Waals surface area contributed by atoms with Gasteiger partial charge in [-0.3, -0.25) is 0 Å². The highest BCUT2D eigenvalue weighted by molar-refractivity contribution is 7.85. The number of benzene rings is 5. The van der Waals surface area contributed by atoms with E-state index < -0.39 is 10.1 Å². The van der Waals surface area contributed by atoms with Gasteiger partial charge in [0.1, 0.15) is 10.1 Å². The quantitative estimate of drug-likeness (QED) is 0.115. The maximum Gasteiger partial charge on any atom is 0.214 e. The van der Waals surface area contributed by atoms with Crippen molar-refractivity contribution in [3.63, 3.8) is 0 Å². The molecule has 2 unspecified atom stereocenters. The van der Waals surface area contributed by atoms with Crippen molar-refractivity contribution in [2.24, 2.45) is 0 Å². The van der Waals surface area contributed by atoms with E-state index in [0.717, 1.165) is 36.3 Å². The normalized spacial score (nSPS) is 16.9. The molecule has 0 saturated carbocycles. The van der Waals surface area contributed by atoms with Crippen molar-refractivity contribution < 1.29 is 17.5 Å². The summed E-state index contributed by atoms with van der Waals surface area (Å²) in [4.78, 5) is -0.178. The molecular weight excluding hydrogens is 696 g/mol. The Labute approximate surface area is 317 Å². The second kappa shape index (κ2) is 14.9. The van der Waals surface area contributed by atoms with E-state index >= 15 is 0 Å². The van der Waals surface area contributed by atoms with Gasteiger partial charge >= 0.3 is 0 Å². The number of nitrogens with zero attached hydrogens (tertiary/aromatic N) is 2. The standard InChI is InChI=1S/C39H38ClN2.C7H8O3S/c1-5-25(3)41-33(31-15-7-11-27-13-9-17-35(41)37(27)31)23-21-29-19-20-30(39(29)40)22-24-34-32-16-8-12-28-14-10-18-36(38(28)32)42(34)26(4)6-2;1-6-2-4-7(5-3-6)11(8,9)10/h7-18,21-26H,5-6,19-20H2,1-4H3;2-5H,1H3,(H,8,9,10)/q+1;/p-1. The van der Waals surface area contributed by atoms with Crippen LogP contribution in [0.1, 0.15) is 70.5 Å². The van der Waals surface area contributed by atoms with Gasteiger partial charge in [0.15, 0.2) is 6.04 Å². The van der Waals surface area contributed by atoms with Crippen LogP contribution in [0.4, 0.5) is 5.69 Å². The van der Waals surface area contributed by atoms with Crippen LogP contribution in [0.15, 0.2) is 136 Å². The van der Waals surface area contributed by atoms with Crippen molar-refractivity contribution in [2.45, 2.75) is 77.3 Å². The van der Waals surface area contributed by atoms with Crippen LogP contribution in [-0.4, -0.2) is 33.9 Å². The van der Waals surface area contributed by atoms with Crippen molar-refractivity contribution in [3.8, 4) is 0 Å². The van der Waals surface area contributed by atoms with E-state index in [4.69, 9.17) is 11.6 Å². The Balaban J connectivity index is 0.000000341. The minimum Gasteiger partial charge on any atom is -0.744 e. The van der Waals surface area contributed by atoms with Crippen LogP contribution in [0, 0.1) is 6.92 Å². The van der Waals surface area contributed by atoms with E-state index in [2.05, 4.69) is 134 Å². The van der Waals surface area contributed by atoms with E-state index in [1.54, 1.807) is 12.1 Å². The molecule has 1 aromatic heterocycles. The van der Waals surface area contributed by atoms with Gasteiger partial charge in [0.25, 0.3) is 0 Å². The Kier molecular flexibility index (Phi) is 10.3. The van der Waals surface area contributed by atoms with Crippen LogP contribution in [0.2, 0.25) is 0 Å². The Bertz CT molecular complexity index is 2650. The topological polar surface area (TPSA) is 65.1 Å².